The summed E-state index contributed by atoms with van der Waals surface area (Å²) in [6.07, 6.45) is -4.47. The first-order valence-electron chi connectivity index (χ1n) is 7.59. The van der Waals surface area contributed by atoms with E-state index in [9.17, 15) is 30.7 Å². The molecule has 2 nitrogen and oxygen atoms in total. The van der Waals surface area contributed by atoms with Crippen molar-refractivity contribution < 1.29 is 40.2 Å². The number of halogens is 7. The first-order chi connectivity index (χ1) is 10.6. The van der Waals surface area contributed by atoms with Crippen molar-refractivity contribution >= 4 is 0 Å². The Balaban J connectivity index is 2.14. The van der Waals surface area contributed by atoms with E-state index in [4.69, 9.17) is 9.47 Å². The molecule has 1 heterocycles. The van der Waals surface area contributed by atoms with Crippen LogP contribution in [0.3, 0.4) is 0 Å². The Bertz CT molecular complexity index is 339. The molecular formula is C14H21F7O2. The second-order valence-corrected chi connectivity index (χ2v) is 5.62. The lowest BCUT2D eigenvalue weighted by Gasteiger charge is -2.28. The summed E-state index contributed by atoms with van der Waals surface area (Å²) in [6.45, 7) is 1.09. The van der Waals surface area contributed by atoms with Gasteiger partial charge in [0.1, 0.15) is 0 Å². The van der Waals surface area contributed by atoms with Crippen molar-refractivity contribution in [1.29, 1.82) is 0 Å². The highest BCUT2D eigenvalue weighted by molar-refractivity contribution is 4.90. The van der Waals surface area contributed by atoms with Crippen LogP contribution in [0, 0.1) is 0 Å². The molecule has 1 unspecified atom stereocenters. The SMILES string of the molecule is FC(F)(F)C(F)(F)C(F)(F)CCCCOCCC1CCCCO1. The summed E-state index contributed by atoms with van der Waals surface area (Å²) in [4.78, 5) is 0. The Morgan fingerprint density at radius 3 is 2.17 bits per heavy atom. The molecule has 0 N–H and O–H groups in total. The Labute approximate surface area is 130 Å². The predicted molar refractivity (Wildman–Crippen MR) is 68.8 cm³/mol. The number of rotatable bonds is 9. The van der Waals surface area contributed by atoms with Crippen molar-refractivity contribution in [2.24, 2.45) is 0 Å². The molecule has 0 aromatic carbocycles. The van der Waals surface area contributed by atoms with Gasteiger partial charge in [-0.2, -0.15) is 30.7 Å². The van der Waals surface area contributed by atoms with Gasteiger partial charge >= 0.3 is 18.0 Å². The van der Waals surface area contributed by atoms with Crippen LogP contribution < -0.4 is 0 Å². The fourth-order valence-corrected chi connectivity index (χ4v) is 2.27. The summed E-state index contributed by atoms with van der Waals surface area (Å²) in [5.41, 5.74) is 0. The number of hydrogen-bond donors (Lipinski definition) is 0. The molecule has 23 heavy (non-hydrogen) atoms. The fraction of sp³-hybridized carbons (Fsp3) is 1.00. The molecule has 0 aromatic rings. The second-order valence-electron chi connectivity index (χ2n) is 5.62. The summed E-state index contributed by atoms with van der Waals surface area (Å²) in [7, 11) is 0. The zero-order valence-corrected chi connectivity index (χ0v) is 12.6. The minimum Gasteiger partial charge on any atom is -0.381 e. The van der Waals surface area contributed by atoms with Crippen molar-refractivity contribution in [1.82, 2.24) is 0 Å². The van der Waals surface area contributed by atoms with Gasteiger partial charge in [0.25, 0.3) is 0 Å². The maximum atomic E-state index is 13.0. The molecule has 0 bridgehead atoms. The normalized spacial score (nSPS) is 20.7. The summed E-state index contributed by atoms with van der Waals surface area (Å²) in [6, 6.07) is 0. The van der Waals surface area contributed by atoms with E-state index >= 15 is 0 Å². The summed E-state index contributed by atoms with van der Waals surface area (Å²) >= 11 is 0. The van der Waals surface area contributed by atoms with E-state index < -0.39 is 30.9 Å². The van der Waals surface area contributed by atoms with Gasteiger partial charge in [-0.15, -0.1) is 0 Å². The van der Waals surface area contributed by atoms with Crippen LogP contribution in [0.4, 0.5) is 30.7 Å². The quantitative estimate of drug-likeness (QED) is 0.430. The van der Waals surface area contributed by atoms with E-state index in [1.165, 1.54) is 0 Å². The Hall–Kier alpha value is -0.570. The average Bonchev–Trinajstić information content (AvgIpc) is 2.46. The number of alkyl halides is 7. The first kappa shape index (κ1) is 20.5. The van der Waals surface area contributed by atoms with E-state index in [1.807, 2.05) is 0 Å². The van der Waals surface area contributed by atoms with Crippen LogP contribution in [-0.2, 0) is 9.47 Å². The van der Waals surface area contributed by atoms with Crippen molar-refractivity contribution in [3.05, 3.63) is 0 Å². The van der Waals surface area contributed by atoms with Crippen LogP contribution in [0.2, 0.25) is 0 Å². The monoisotopic (exact) mass is 354 g/mol. The first-order valence-corrected chi connectivity index (χ1v) is 7.59. The molecule has 0 saturated carbocycles. The molecule has 0 aliphatic carbocycles. The van der Waals surface area contributed by atoms with Gasteiger partial charge in [0.15, 0.2) is 0 Å². The van der Waals surface area contributed by atoms with Crippen molar-refractivity contribution in [3.63, 3.8) is 0 Å². The highest BCUT2D eigenvalue weighted by Crippen LogP contribution is 2.48. The van der Waals surface area contributed by atoms with Crippen molar-refractivity contribution in [2.45, 2.75) is 69.1 Å². The summed E-state index contributed by atoms with van der Waals surface area (Å²) < 4.78 is 97.6. The van der Waals surface area contributed by atoms with E-state index in [1.54, 1.807) is 0 Å². The fourth-order valence-electron chi connectivity index (χ4n) is 2.27. The molecule has 0 amide bonds. The van der Waals surface area contributed by atoms with Crippen LogP contribution in [0.1, 0.15) is 44.9 Å². The van der Waals surface area contributed by atoms with Crippen molar-refractivity contribution in [2.75, 3.05) is 19.8 Å². The maximum absolute atomic E-state index is 13.0. The van der Waals surface area contributed by atoms with Gasteiger partial charge in [-0.3, -0.25) is 0 Å². The zero-order valence-electron chi connectivity index (χ0n) is 12.6. The van der Waals surface area contributed by atoms with E-state index in [2.05, 4.69) is 0 Å². The minimum atomic E-state index is -6.26. The topological polar surface area (TPSA) is 18.5 Å². The average molecular weight is 354 g/mol. The van der Waals surface area contributed by atoms with Gasteiger partial charge in [0.2, 0.25) is 0 Å². The lowest BCUT2D eigenvalue weighted by atomic mass is 10.0. The third kappa shape index (κ3) is 6.10. The minimum absolute atomic E-state index is 0.00491. The predicted octanol–water partition coefficient (Wildman–Crippen LogP) is 4.97. The third-order valence-electron chi connectivity index (χ3n) is 3.70. The molecule has 138 valence electrons. The van der Waals surface area contributed by atoms with Crippen molar-refractivity contribution in [3.8, 4) is 0 Å². The summed E-state index contributed by atoms with van der Waals surface area (Å²) in [5.74, 6) is -11.1. The molecule has 1 rings (SSSR count). The molecule has 0 aromatic heterocycles. The molecule has 1 atom stereocenters. The molecule has 1 aliphatic rings. The van der Waals surface area contributed by atoms with Crippen LogP contribution in [0.25, 0.3) is 0 Å². The molecule has 1 aliphatic heterocycles. The second kappa shape index (κ2) is 8.50. The standard InChI is InChI=1S/C14H21F7O2/c15-12(16,13(17,18)14(19,20)21)7-2-4-8-22-10-6-11-5-1-3-9-23-11/h11H,1-10H2. The van der Waals surface area contributed by atoms with E-state index in [0.29, 0.717) is 19.6 Å². The van der Waals surface area contributed by atoms with Crippen LogP contribution in [-0.4, -0.2) is 43.9 Å². The van der Waals surface area contributed by atoms with Gasteiger partial charge in [-0.05, 0) is 38.5 Å². The third-order valence-corrected chi connectivity index (χ3v) is 3.70. The molecule has 1 saturated heterocycles. The van der Waals surface area contributed by atoms with Gasteiger partial charge < -0.3 is 9.47 Å². The van der Waals surface area contributed by atoms with Gasteiger partial charge in [-0.1, -0.05) is 0 Å². The Morgan fingerprint density at radius 1 is 0.913 bits per heavy atom. The molecule has 0 spiro atoms. The molecule has 9 heteroatoms. The Kier molecular flexibility index (Phi) is 7.57. The Morgan fingerprint density at radius 2 is 1.61 bits per heavy atom. The van der Waals surface area contributed by atoms with E-state index in [0.717, 1.165) is 19.3 Å². The zero-order chi connectivity index (χ0) is 17.6. The molecule has 1 fully saturated rings. The molecule has 0 radical (unpaired) electrons. The number of hydrogen-bond acceptors (Lipinski definition) is 2. The largest absolute Gasteiger partial charge is 0.459 e. The lowest BCUT2D eigenvalue weighted by Crippen LogP contribution is -2.51. The lowest BCUT2D eigenvalue weighted by molar-refractivity contribution is -0.355. The number of unbranched alkanes of at least 4 members (excludes halogenated alkanes) is 1. The highest BCUT2D eigenvalue weighted by Gasteiger charge is 2.72. The van der Waals surface area contributed by atoms with Gasteiger partial charge in [-0.25, -0.2) is 0 Å². The molecular weight excluding hydrogens is 333 g/mol. The van der Waals surface area contributed by atoms with Crippen LogP contribution in [0.15, 0.2) is 0 Å². The van der Waals surface area contributed by atoms with Gasteiger partial charge in [0.05, 0.1) is 6.10 Å². The number of ether oxygens (including phenoxy) is 2. The van der Waals surface area contributed by atoms with E-state index in [-0.39, 0.29) is 19.1 Å². The maximum Gasteiger partial charge on any atom is 0.459 e. The van der Waals surface area contributed by atoms with Gasteiger partial charge in [0, 0.05) is 26.2 Å². The van der Waals surface area contributed by atoms with Crippen LogP contribution in [0.5, 0.6) is 0 Å². The van der Waals surface area contributed by atoms with Crippen LogP contribution >= 0.6 is 0 Å². The smallest absolute Gasteiger partial charge is 0.381 e. The highest BCUT2D eigenvalue weighted by atomic mass is 19.4. The summed E-state index contributed by atoms with van der Waals surface area (Å²) in [5, 5.41) is 0.